The second kappa shape index (κ2) is 6.70. The van der Waals surface area contributed by atoms with E-state index in [2.05, 4.69) is 4.90 Å². The quantitative estimate of drug-likeness (QED) is 0.800. The number of likely N-dealkylation sites (tertiary alicyclic amines) is 1. The Labute approximate surface area is 111 Å². The van der Waals surface area contributed by atoms with Crippen LogP contribution in [0, 0.1) is 0 Å². The molecule has 0 aliphatic carbocycles. The molecule has 0 unspecified atom stereocenters. The lowest BCUT2D eigenvalue weighted by Gasteiger charge is -2.31. The van der Waals surface area contributed by atoms with E-state index in [0.717, 1.165) is 25.9 Å². The summed E-state index contributed by atoms with van der Waals surface area (Å²) in [5.74, 6) is -0.293. The van der Waals surface area contributed by atoms with Gasteiger partial charge in [-0.2, -0.15) is 0 Å². The molecule has 2 N–H and O–H groups in total. The van der Waals surface area contributed by atoms with Crippen LogP contribution in [-0.2, 0) is 11.3 Å². The highest BCUT2D eigenvalue weighted by Gasteiger charge is 2.20. The van der Waals surface area contributed by atoms with Gasteiger partial charge in [-0.3, -0.25) is 4.90 Å². The van der Waals surface area contributed by atoms with Gasteiger partial charge in [-0.25, -0.2) is 4.79 Å². The number of hydrogen-bond donors (Lipinski definition) is 2. The molecule has 6 nitrogen and oxygen atoms in total. The van der Waals surface area contributed by atoms with Crippen LogP contribution >= 0.6 is 0 Å². The first-order valence-corrected chi connectivity index (χ1v) is 6.44. The maximum atomic E-state index is 10.7. The maximum absolute atomic E-state index is 10.7. The van der Waals surface area contributed by atoms with E-state index in [1.807, 2.05) is 0 Å². The van der Waals surface area contributed by atoms with E-state index in [1.54, 1.807) is 6.07 Å². The average Bonchev–Trinajstić information content (AvgIpc) is 2.87. The molecule has 0 aromatic carbocycles. The number of nitrogens with zero attached hydrogens (tertiary/aromatic N) is 1. The van der Waals surface area contributed by atoms with Gasteiger partial charge in [-0.1, -0.05) is 0 Å². The zero-order chi connectivity index (χ0) is 13.7. The molecule has 1 aliphatic heterocycles. The van der Waals surface area contributed by atoms with Gasteiger partial charge in [0.15, 0.2) is 0 Å². The minimum Gasteiger partial charge on any atom is -0.478 e. The first-order valence-electron chi connectivity index (χ1n) is 6.44. The van der Waals surface area contributed by atoms with Crippen LogP contribution in [0.5, 0.6) is 0 Å². The van der Waals surface area contributed by atoms with Gasteiger partial charge in [0.2, 0.25) is 0 Å². The Balaban J connectivity index is 1.77. The van der Waals surface area contributed by atoms with Crippen molar-refractivity contribution < 1.29 is 24.2 Å². The number of hydrogen-bond acceptors (Lipinski definition) is 5. The van der Waals surface area contributed by atoms with Crippen molar-refractivity contribution in [3.8, 4) is 0 Å². The van der Waals surface area contributed by atoms with E-state index in [0.29, 0.717) is 18.9 Å². The number of aromatic carboxylic acids is 1. The molecule has 2 rings (SSSR count). The molecule has 0 saturated carbocycles. The summed E-state index contributed by atoms with van der Waals surface area (Å²) in [6.45, 7) is 2.85. The van der Waals surface area contributed by atoms with Crippen LogP contribution in [0.2, 0.25) is 0 Å². The molecule has 0 spiro atoms. The molecule has 1 aromatic rings. The van der Waals surface area contributed by atoms with Gasteiger partial charge in [0.05, 0.1) is 31.4 Å². The molecule has 0 atom stereocenters. The molecule has 1 aliphatic rings. The number of furan rings is 1. The molecule has 0 amide bonds. The molecular weight excluding hydrogens is 250 g/mol. The van der Waals surface area contributed by atoms with Crippen LogP contribution in [0.4, 0.5) is 0 Å². The van der Waals surface area contributed by atoms with E-state index in [-0.39, 0.29) is 18.3 Å². The number of carboxylic acids is 1. The van der Waals surface area contributed by atoms with Crippen LogP contribution in [0.1, 0.15) is 29.0 Å². The molecule has 1 fully saturated rings. The van der Waals surface area contributed by atoms with E-state index in [4.69, 9.17) is 19.4 Å². The predicted molar refractivity (Wildman–Crippen MR) is 67.0 cm³/mol. The Kier molecular flexibility index (Phi) is 4.95. The molecule has 0 bridgehead atoms. The number of aliphatic hydroxyl groups is 1. The fourth-order valence-corrected chi connectivity index (χ4v) is 2.25. The van der Waals surface area contributed by atoms with Gasteiger partial charge < -0.3 is 19.4 Å². The van der Waals surface area contributed by atoms with E-state index in [9.17, 15) is 4.79 Å². The van der Waals surface area contributed by atoms with Crippen LogP contribution in [0.25, 0.3) is 0 Å². The highest BCUT2D eigenvalue weighted by molar-refractivity contribution is 5.87. The summed E-state index contributed by atoms with van der Waals surface area (Å²) in [5.41, 5.74) is 0.191. The highest BCUT2D eigenvalue weighted by atomic mass is 16.5. The zero-order valence-corrected chi connectivity index (χ0v) is 10.7. The second-order valence-corrected chi connectivity index (χ2v) is 4.68. The monoisotopic (exact) mass is 269 g/mol. The van der Waals surface area contributed by atoms with Gasteiger partial charge in [0.25, 0.3) is 0 Å². The molecule has 19 heavy (non-hydrogen) atoms. The topological polar surface area (TPSA) is 83.1 Å². The molecular formula is C13H19NO5. The lowest BCUT2D eigenvalue weighted by molar-refractivity contribution is -0.00991. The molecule has 0 radical (unpaired) electrons. The van der Waals surface area contributed by atoms with Gasteiger partial charge in [-0.15, -0.1) is 0 Å². The lowest BCUT2D eigenvalue weighted by atomic mass is 10.1. The van der Waals surface area contributed by atoms with Crippen LogP contribution in [0.15, 0.2) is 16.7 Å². The van der Waals surface area contributed by atoms with Gasteiger partial charge in [0.1, 0.15) is 12.0 Å². The fourth-order valence-electron chi connectivity index (χ4n) is 2.25. The van der Waals surface area contributed by atoms with Crippen LogP contribution < -0.4 is 0 Å². The standard InChI is InChI=1S/C13H19NO5/c15-5-6-18-11-1-3-14(4-2-11)8-12-7-10(9-19-12)13(16)17/h7,9,11,15H,1-6,8H2,(H,16,17). The summed E-state index contributed by atoms with van der Waals surface area (Å²) >= 11 is 0. The van der Waals surface area contributed by atoms with Crippen molar-refractivity contribution in [1.29, 1.82) is 0 Å². The highest BCUT2D eigenvalue weighted by Crippen LogP contribution is 2.17. The summed E-state index contributed by atoms with van der Waals surface area (Å²) in [5, 5.41) is 17.5. The summed E-state index contributed by atoms with van der Waals surface area (Å²) in [6, 6.07) is 1.57. The predicted octanol–water partition coefficient (Wildman–Crippen LogP) is 0.951. The van der Waals surface area contributed by atoms with Crippen molar-refractivity contribution in [2.75, 3.05) is 26.3 Å². The number of aliphatic hydroxyl groups excluding tert-OH is 1. The van der Waals surface area contributed by atoms with Gasteiger partial charge >= 0.3 is 5.97 Å². The summed E-state index contributed by atoms with van der Waals surface area (Å²) in [4.78, 5) is 13.0. The van der Waals surface area contributed by atoms with Crippen molar-refractivity contribution in [3.63, 3.8) is 0 Å². The fraction of sp³-hybridized carbons (Fsp3) is 0.615. The average molecular weight is 269 g/mol. The van der Waals surface area contributed by atoms with Crippen LogP contribution in [0.3, 0.4) is 0 Å². The van der Waals surface area contributed by atoms with Crippen molar-refractivity contribution in [3.05, 3.63) is 23.7 Å². The maximum Gasteiger partial charge on any atom is 0.338 e. The molecule has 1 saturated heterocycles. The van der Waals surface area contributed by atoms with Gasteiger partial charge in [-0.05, 0) is 18.9 Å². The Morgan fingerprint density at radius 3 is 2.79 bits per heavy atom. The van der Waals surface area contributed by atoms with Crippen LogP contribution in [-0.4, -0.2) is 53.5 Å². The minimum absolute atomic E-state index is 0.0601. The third-order valence-electron chi connectivity index (χ3n) is 3.26. The van der Waals surface area contributed by atoms with E-state index in [1.165, 1.54) is 6.26 Å². The number of piperidine rings is 1. The lowest BCUT2D eigenvalue weighted by Crippen LogP contribution is -2.36. The Morgan fingerprint density at radius 1 is 1.47 bits per heavy atom. The SMILES string of the molecule is O=C(O)c1coc(CN2CCC(OCCO)CC2)c1. The molecule has 1 aromatic heterocycles. The van der Waals surface area contributed by atoms with Crippen molar-refractivity contribution in [2.45, 2.75) is 25.5 Å². The Hall–Kier alpha value is -1.37. The number of carbonyl (C=O) groups is 1. The normalized spacial score (nSPS) is 17.7. The second-order valence-electron chi connectivity index (χ2n) is 4.68. The Morgan fingerprint density at radius 2 is 2.21 bits per heavy atom. The third kappa shape index (κ3) is 4.05. The minimum atomic E-state index is -0.967. The van der Waals surface area contributed by atoms with Gasteiger partial charge in [0, 0.05) is 13.1 Å². The molecule has 6 heteroatoms. The smallest absolute Gasteiger partial charge is 0.338 e. The summed E-state index contributed by atoms with van der Waals surface area (Å²) < 4.78 is 10.7. The van der Waals surface area contributed by atoms with Crippen molar-refractivity contribution >= 4 is 5.97 Å². The summed E-state index contributed by atoms with van der Waals surface area (Å²) in [6.07, 6.45) is 3.34. The Bertz CT molecular complexity index is 409. The first-order chi connectivity index (χ1) is 9.19. The van der Waals surface area contributed by atoms with Crippen molar-refractivity contribution in [1.82, 2.24) is 4.90 Å². The molecule has 2 heterocycles. The van der Waals surface area contributed by atoms with E-state index >= 15 is 0 Å². The number of rotatable bonds is 6. The number of carboxylic acid groups (broad SMARTS) is 1. The van der Waals surface area contributed by atoms with E-state index < -0.39 is 5.97 Å². The first kappa shape index (κ1) is 14.0. The summed E-state index contributed by atoms with van der Waals surface area (Å²) in [7, 11) is 0. The largest absolute Gasteiger partial charge is 0.478 e. The number of ether oxygens (including phenoxy) is 1. The van der Waals surface area contributed by atoms with Crippen molar-refractivity contribution in [2.24, 2.45) is 0 Å². The molecule has 106 valence electrons. The zero-order valence-electron chi connectivity index (χ0n) is 10.7. The third-order valence-corrected chi connectivity index (χ3v) is 3.26.